The molecule has 0 heterocycles. The number of carboxylic acid groups (broad SMARTS) is 1. The minimum absolute atomic E-state index is 0. The zero-order valence-corrected chi connectivity index (χ0v) is 15.5. The Balaban J connectivity index is 0.00000264. The van der Waals surface area contributed by atoms with Gasteiger partial charge in [0.1, 0.15) is 0 Å². The number of benzene rings is 2. The van der Waals surface area contributed by atoms with E-state index in [2.05, 4.69) is 0 Å². The first-order valence-corrected chi connectivity index (χ1v) is 7.20. The SMILES string of the molecule is CN(C(=O)c1ccccc1)c1ccc(CCCC(=O)[O-])cc1.[Na+]. The molecule has 2 aromatic rings. The van der Waals surface area contributed by atoms with Gasteiger partial charge >= 0.3 is 29.6 Å². The van der Waals surface area contributed by atoms with E-state index in [4.69, 9.17) is 0 Å². The van der Waals surface area contributed by atoms with Gasteiger partial charge in [0.05, 0.1) is 0 Å². The number of nitrogens with zero attached hydrogens (tertiary/aromatic N) is 1. The van der Waals surface area contributed by atoms with Gasteiger partial charge in [-0.05, 0) is 49.1 Å². The average Bonchev–Trinajstić information content (AvgIpc) is 2.54. The molecule has 2 aromatic carbocycles. The molecule has 0 radical (unpaired) electrons. The van der Waals surface area contributed by atoms with Crippen LogP contribution in [0.1, 0.15) is 28.8 Å². The second-order valence-corrected chi connectivity index (χ2v) is 5.12. The molecule has 23 heavy (non-hydrogen) atoms. The zero-order valence-electron chi connectivity index (χ0n) is 13.5. The van der Waals surface area contributed by atoms with Crippen molar-refractivity contribution in [2.45, 2.75) is 19.3 Å². The van der Waals surface area contributed by atoms with Crippen molar-refractivity contribution in [2.24, 2.45) is 0 Å². The minimum atomic E-state index is -1.02. The maximum Gasteiger partial charge on any atom is 1.00 e. The molecule has 0 atom stereocenters. The third-order valence-corrected chi connectivity index (χ3v) is 3.50. The van der Waals surface area contributed by atoms with Crippen LogP contribution in [-0.4, -0.2) is 18.9 Å². The van der Waals surface area contributed by atoms with Crippen LogP contribution in [0.5, 0.6) is 0 Å². The second kappa shape index (κ2) is 9.50. The molecule has 0 N–H and O–H groups in total. The van der Waals surface area contributed by atoms with Gasteiger partial charge in [0.2, 0.25) is 0 Å². The Morgan fingerprint density at radius 3 is 2.17 bits per heavy atom. The number of hydrogen-bond donors (Lipinski definition) is 0. The quantitative estimate of drug-likeness (QED) is 0.645. The van der Waals surface area contributed by atoms with Crippen LogP contribution in [0.4, 0.5) is 5.69 Å². The van der Waals surface area contributed by atoms with Gasteiger partial charge in [-0.2, -0.15) is 0 Å². The molecule has 1 amide bonds. The van der Waals surface area contributed by atoms with Crippen LogP contribution in [-0.2, 0) is 11.2 Å². The van der Waals surface area contributed by atoms with Gasteiger partial charge in [-0.25, -0.2) is 0 Å². The topological polar surface area (TPSA) is 60.4 Å². The number of aliphatic carboxylic acids is 1. The maximum atomic E-state index is 12.3. The van der Waals surface area contributed by atoms with Gasteiger partial charge in [-0.3, -0.25) is 4.79 Å². The Hall–Kier alpha value is -1.62. The molecule has 4 nitrogen and oxygen atoms in total. The molecule has 0 fully saturated rings. The Kier molecular flexibility index (Phi) is 8.03. The van der Waals surface area contributed by atoms with Crippen molar-refractivity contribution in [1.29, 1.82) is 0 Å². The molecule has 5 heteroatoms. The summed E-state index contributed by atoms with van der Waals surface area (Å²) in [5, 5.41) is 10.4. The van der Waals surface area contributed by atoms with Gasteiger partial charge in [0.25, 0.3) is 5.91 Å². The summed E-state index contributed by atoms with van der Waals surface area (Å²) in [5.41, 5.74) is 2.49. The molecule has 0 saturated carbocycles. The molecule has 0 aromatic heterocycles. The number of carbonyl (C=O) groups is 2. The molecule has 0 bridgehead atoms. The Morgan fingerprint density at radius 1 is 1.00 bits per heavy atom. The van der Waals surface area contributed by atoms with Crippen molar-refractivity contribution in [1.82, 2.24) is 0 Å². The van der Waals surface area contributed by atoms with E-state index in [1.807, 2.05) is 42.5 Å². The first-order chi connectivity index (χ1) is 10.6. The first-order valence-electron chi connectivity index (χ1n) is 7.20. The standard InChI is InChI=1S/C18H19NO3.Na/c1-19(18(22)15-7-3-2-4-8-15)16-12-10-14(11-13-16)6-5-9-17(20)21;/h2-4,7-8,10-13H,5-6,9H2,1H3,(H,20,21);/q;+1/p-1. The summed E-state index contributed by atoms with van der Waals surface area (Å²) < 4.78 is 0. The Morgan fingerprint density at radius 2 is 1.61 bits per heavy atom. The van der Waals surface area contributed by atoms with Gasteiger partial charge in [-0.15, -0.1) is 0 Å². The van der Waals surface area contributed by atoms with Gasteiger partial charge in [-0.1, -0.05) is 30.3 Å². The van der Waals surface area contributed by atoms with Crippen molar-refractivity contribution in [3.63, 3.8) is 0 Å². The Labute approximate surface area is 158 Å². The number of amides is 1. The summed E-state index contributed by atoms with van der Waals surface area (Å²) in [4.78, 5) is 24.3. The average molecular weight is 319 g/mol. The third kappa shape index (κ3) is 5.82. The molecule has 114 valence electrons. The van der Waals surface area contributed by atoms with Gasteiger partial charge < -0.3 is 14.8 Å². The monoisotopic (exact) mass is 319 g/mol. The van der Waals surface area contributed by atoms with Gasteiger partial charge in [0.15, 0.2) is 0 Å². The molecule has 0 aliphatic heterocycles. The van der Waals surface area contributed by atoms with E-state index in [1.165, 1.54) is 0 Å². The van der Waals surface area contributed by atoms with Gasteiger partial charge in [0, 0.05) is 24.3 Å². The fourth-order valence-corrected chi connectivity index (χ4v) is 2.21. The van der Waals surface area contributed by atoms with E-state index in [-0.39, 0.29) is 41.9 Å². The minimum Gasteiger partial charge on any atom is -0.550 e. The van der Waals surface area contributed by atoms with Crippen molar-refractivity contribution < 1.29 is 44.3 Å². The number of carboxylic acids is 1. The van der Waals surface area contributed by atoms with Crippen LogP contribution in [0.2, 0.25) is 0 Å². The Bertz CT molecular complexity index is 641. The van der Waals surface area contributed by atoms with Crippen molar-refractivity contribution >= 4 is 17.6 Å². The molecule has 0 aliphatic rings. The molecular formula is C18H18NNaO3. The summed E-state index contributed by atoms with van der Waals surface area (Å²) in [5.74, 6) is -1.09. The summed E-state index contributed by atoms with van der Waals surface area (Å²) in [7, 11) is 1.74. The number of rotatable bonds is 6. The van der Waals surface area contributed by atoms with Crippen LogP contribution < -0.4 is 39.6 Å². The predicted molar refractivity (Wildman–Crippen MR) is 83.6 cm³/mol. The van der Waals surface area contributed by atoms with Crippen molar-refractivity contribution in [3.05, 3.63) is 65.7 Å². The summed E-state index contributed by atoms with van der Waals surface area (Å²) in [6.07, 6.45) is 1.30. The molecule has 0 saturated heterocycles. The van der Waals surface area contributed by atoms with Crippen LogP contribution >= 0.6 is 0 Å². The summed E-state index contributed by atoms with van der Waals surface area (Å²) in [6, 6.07) is 16.7. The van der Waals surface area contributed by atoms with E-state index in [0.717, 1.165) is 11.3 Å². The van der Waals surface area contributed by atoms with Crippen molar-refractivity contribution in [2.75, 3.05) is 11.9 Å². The number of anilines is 1. The van der Waals surface area contributed by atoms with Crippen LogP contribution in [0, 0.1) is 0 Å². The van der Waals surface area contributed by atoms with E-state index in [0.29, 0.717) is 18.4 Å². The van der Waals surface area contributed by atoms with E-state index in [9.17, 15) is 14.7 Å². The van der Waals surface area contributed by atoms with Crippen LogP contribution in [0.25, 0.3) is 0 Å². The van der Waals surface area contributed by atoms with E-state index >= 15 is 0 Å². The van der Waals surface area contributed by atoms with E-state index < -0.39 is 5.97 Å². The largest absolute Gasteiger partial charge is 1.00 e. The molecular weight excluding hydrogens is 301 g/mol. The van der Waals surface area contributed by atoms with Crippen LogP contribution in [0.3, 0.4) is 0 Å². The second-order valence-electron chi connectivity index (χ2n) is 5.12. The fraction of sp³-hybridized carbons (Fsp3) is 0.222. The molecule has 0 spiro atoms. The molecule has 0 aliphatic carbocycles. The first kappa shape index (κ1) is 19.4. The smallest absolute Gasteiger partial charge is 0.550 e. The van der Waals surface area contributed by atoms with Crippen LogP contribution in [0.15, 0.2) is 54.6 Å². The normalized spacial score (nSPS) is 9.78. The van der Waals surface area contributed by atoms with E-state index in [1.54, 1.807) is 24.1 Å². The molecule has 0 unspecified atom stereocenters. The van der Waals surface area contributed by atoms with Crippen molar-refractivity contribution in [3.8, 4) is 0 Å². The number of hydrogen-bond acceptors (Lipinski definition) is 3. The summed E-state index contributed by atoms with van der Waals surface area (Å²) in [6.45, 7) is 0. The number of carbonyl (C=O) groups excluding carboxylic acids is 2. The molecule has 2 rings (SSSR count). The maximum absolute atomic E-state index is 12.3. The number of aryl methyl sites for hydroxylation is 1. The summed E-state index contributed by atoms with van der Waals surface area (Å²) >= 11 is 0. The zero-order chi connectivity index (χ0) is 15.9. The fourth-order valence-electron chi connectivity index (χ4n) is 2.21. The predicted octanol–water partition coefficient (Wildman–Crippen LogP) is -0.960. The third-order valence-electron chi connectivity index (χ3n) is 3.50.